The number of nitrogens with one attached hydrogen (secondary N) is 2. The van der Waals surface area contributed by atoms with Gasteiger partial charge in [0.05, 0.1) is 28.7 Å². The smallest absolute Gasteiger partial charge is 0.191 e. The Bertz CT molecular complexity index is 859. The first-order chi connectivity index (χ1) is 12.3. The monoisotopic (exact) mass is 396 g/mol. The van der Waals surface area contributed by atoms with Crippen molar-refractivity contribution >= 4 is 27.1 Å². The highest BCUT2D eigenvalue weighted by Gasteiger charge is 2.07. The summed E-state index contributed by atoms with van der Waals surface area (Å²) in [5.74, 6) is 1.31. The summed E-state index contributed by atoms with van der Waals surface area (Å²) in [6.07, 6.45) is 1.18. The second-order valence-corrected chi connectivity index (χ2v) is 8.99. The molecule has 9 heteroatoms. The molecule has 0 fully saturated rings. The number of nitrogens with zero attached hydrogens (tertiary/aromatic N) is 2. The topological polar surface area (TPSA) is 92.7 Å². The Morgan fingerprint density at radius 2 is 1.92 bits per heavy atom. The van der Waals surface area contributed by atoms with Gasteiger partial charge in [0.25, 0.3) is 0 Å². The minimum atomic E-state index is -3.19. The molecule has 1 aromatic heterocycles. The van der Waals surface area contributed by atoms with Crippen molar-refractivity contribution < 1.29 is 13.2 Å². The van der Waals surface area contributed by atoms with Crippen molar-refractivity contribution in [3.8, 4) is 5.75 Å². The Morgan fingerprint density at radius 3 is 2.46 bits per heavy atom. The number of aromatic nitrogens is 1. The largest absolute Gasteiger partial charge is 0.492 e. The Kier molecular flexibility index (Phi) is 6.98. The fourth-order valence-electron chi connectivity index (χ4n) is 2.24. The van der Waals surface area contributed by atoms with Gasteiger partial charge in [-0.3, -0.25) is 4.99 Å². The van der Waals surface area contributed by atoms with Crippen LogP contribution in [0.2, 0.25) is 0 Å². The Labute approximate surface area is 158 Å². The van der Waals surface area contributed by atoms with Crippen molar-refractivity contribution in [1.29, 1.82) is 0 Å². The molecule has 2 aromatic rings. The van der Waals surface area contributed by atoms with E-state index in [9.17, 15) is 8.42 Å². The van der Waals surface area contributed by atoms with Crippen LogP contribution in [0.3, 0.4) is 0 Å². The van der Waals surface area contributed by atoms with E-state index in [-0.39, 0.29) is 4.90 Å². The molecular weight excluding hydrogens is 372 g/mol. The zero-order valence-electron chi connectivity index (χ0n) is 15.4. The molecule has 142 valence electrons. The Morgan fingerprint density at radius 1 is 1.23 bits per heavy atom. The van der Waals surface area contributed by atoms with Gasteiger partial charge in [-0.25, -0.2) is 13.4 Å². The first kappa shape index (κ1) is 20.2. The molecule has 0 bridgehead atoms. The molecule has 0 radical (unpaired) electrons. The molecule has 0 saturated heterocycles. The lowest BCUT2D eigenvalue weighted by molar-refractivity contribution is 0.321. The highest BCUT2D eigenvalue weighted by molar-refractivity contribution is 7.90. The molecule has 0 saturated carbocycles. The number of guanidine groups is 1. The maximum Gasteiger partial charge on any atom is 0.191 e. The Hall–Kier alpha value is -2.13. The molecule has 0 spiro atoms. The van der Waals surface area contributed by atoms with E-state index >= 15 is 0 Å². The minimum absolute atomic E-state index is 0.279. The number of benzene rings is 1. The van der Waals surface area contributed by atoms with E-state index in [1.165, 1.54) is 23.3 Å². The third-order valence-electron chi connectivity index (χ3n) is 3.55. The number of aryl methyl sites for hydroxylation is 2. The van der Waals surface area contributed by atoms with Gasteiger partial charge in [0.15, 0.2) is 15.8 Å². The van der Waals surface area contributed by atoms with E-state index in [2.05, 4.69) is 20.6 Å². The van der Waals surface area contributed by atoms with E-state index in [1.54, 1.807) is 30.5 Å². The predicted octanol–water partition coefficient (Wildman–Crippen LogP) is 1.91. The van der Waals surface area contributed by atoms with Crippen LogP contribution in [-0.4, -0.2) is 45.8 Å². The SMILES string of the molecule is CN=C(NCCOc1ccc(S(C)(=O)=O)cc1)NCc1sc(C)nc1C. The lowest BCUT2D eigenvalue weighted by Crippen LogP contribution is -2.38. The summed E-state index contributed by atoms with van der Waals surface area (Å²) < 4.78 is 28.5. The van der Waals surface area contributed by atoms with E-state index in [4.69, 9.17) is 4.74 Å². The molecule has 2 rings (SSSR count). The van der Waals surface area contributed by atoms with E-state index in [0.717, 1.165) is 10.7 Å². The number of hydrogen-bond acceptors (Lipinski definition) is 6. The molecule has 0 aliphatic rings. The van der Waals surface area contributed by atoms with Crippen molar-refractivity contribution in [3.63, 3.8) is 0 Å². The van der Waals surface area contributed by atoms with Crippen molar-refractivity contribution in [2.75, 3.05) is 26.5 Å². The van der Waals surface area contributed by atoms with Gasteiger partial charge in [-0.1, -0.05) is 0 Å². The molecule has 1 heterocycles. The average molecular weight is 397 g/mol. The third-order valence-corrected chi connectivity index (χ3v) is 5.76. The van der Waals surface area contributed by atoms with Crippen LogP contribution in [-0.2, 0) is 16.4 Å². The maximum atomic E-state index is 11.4. The standard InChI is InChI=1S/C17H24N4O3S2/c1-12-16(25-13(2)21-12)11-20-17(18-3)19-9-10-24-14-5-7-15(8-6-14)26(4,22)23/h5-8H,9-11H2,1-4H3,(H2,18,19,20). The van der Waals surface area contributed by atoms with Gasteiger partial charge in [0.2, 0.25) is 0 Å². The molecule has 1 aromatic carbocycles. The quantitative estimate of drug-likeness (QED) is 0.422. The molecule has 0 amide bonds. The highest BCUT2D eigenvalue weighted by Crippen LogP contribution is 2.17. The second kappa shape index (κ2) is 9.00. The summed E-state index contributed by atoms with van der Waals surface area (Å²) in [6.45, 7) is 5.66. The van der Waals surface area contributed by atoms with E-state index in [1.807, 2.05) is 13.8 Å². The highest BCUT2D eigenvalue weighted by atomic mass is 32.2. The number of aliphatic imine (C=N–C) groups is 1. The zero-order valence-corrected chi connectivity index (χ0v) is 17.0. The normalized spacial score (nSPS) is 12.1. The van der Waals surface area contributed by atoms with Crippen LogP contribution < -0.4 is 15.4 Å². The Balaban J connectivity index is 1.74. The number of ether oxygens (including phenoxy) is 1. The molecule has 0 aliphatic heterocycles. The average Bonchev–Trinajstić information content (AvgIpc) is 2.91. The van der Waals surface area contributed by atoms with Crippen LogP contribution in [0.5, 0.6) is 5.75 Å². The van der Waals surface area contributed by atoms with Crippen molar-refractivity contribution in [2.24, 2.45) is 4.99 Å². The number of rotatable bonds is 7. The zero-order chi connectivity index (χ0) is 19.2. The fourth-order valence-corrected chi connectivity index (χ4v) is 3.75. The van der Waals surface area contributed by atoms with E-state index in [0.29, 0.717) is 31.4 Å². The molecule has 2 N–H and O–H groups in total. The predicted molar refractivity (Wildman–Crippen MR) is 105 cm³/mol. The molecule has 0 unspecified atom stereocenters. The first-order valence-corrected chi connectivity index (χ1v) is 10.8. The van der Waals surface area contributed by atoms with Gasteiger partial charge < -0.3 is 15.4 Å². The molecule has 0 aliphatic carbocycles. The third kappa shape index (κ3) is 5.99. The number of thiazole rings is 1. The molecular formula is C17H24N4O3S2. The van der Waals surface area contributed by atoms with Crippen LogP contribution in [0.15, 0.2) is 34.2 Å². The molecule has 26 heavy (non-hydrogen) atoms. The van der Waals surface area contributed by atoms with Gasteiger partial charge >= 0.3 is 0 Å². The summed E-state index contributed by atoms with van der Waals surface area (Å²) in [5, 5.41) is 7.48. The van der Waals surface area contributed by atoms with Gasteiger partial charge in [0.1, 0.15) is 12.4 Å². The minimum Gasteiger partial charge on any atom is -0.492 e. The molecule has 0 atom stereocenters. The van der Waals surface area contributed by atoms with Gasteiger partial charge in [0, 0.05) is 18.2 Å². The first-order valence-electron chi connectivity index (χ1n) is 8.10. The van der Waals surface area contributed by atoms with Crippen LogP contribution in [0.25, 0.3) is 0 Å². The van der Waals surface area contributed by atoms with Gasteiger partial charge in [-0.15, -0.1) is 11.3 Å². The van der Waals surface area contributed by atoms with Crippen molar-refractivity contribution in [1.82, 2.24) is 15.6 Å². The van der Waals surface area contributed by atoms with Crippen molar-refractivity contribution in [2.45, 2.75) is 25.3 Å². The number of sulfone groups is 1. The van der Waals surface area contributed by atoms with E-state index < -0.39 is 9.84 Å². The van der Waals surface area contributed by atoms with Crippen LogP contribution in [0.4, 0.5) is 0 Å². The van der Waals surface area contributed by atoms with Crippen LogP contribution in [0, 0.1) is 13.8 Å². The van der Waals surface area contributed by atoms with Gasteiger partial charge in [-0.05, 0) is 38.1 Å². The summed E-state index contributed by atoms with van der Waals surface area (Å²) in [5.41, 5.74) is 1.04. The molecule has 7 nitrogen and oxygen atoms in total. The van der Waals surface area contributed by atoms with Crippen LogP contribution >= 0.6 is 11.3 Å². The van der Waals surface area contributed by atoms with Gasteiger partial charge in [-0.2, -0.15) is 0 Å². The fraction of sp³-hybridized carbons (Fsp3) is 0.412. The van der Waals surface area contributed by atoms with Crippen molar-refractivity contribution in [3.05, 3.63) is 39.8 Å². The maximum absolute atomic E-state index is 11.4. The second-order valence-electron chi connectivity index (χ2n) is 5.69. The lowest BCUT2D eigenvalue weighted by Gasteiger charge is -2.12. The summed E-state index contributed by atoms with van der Waals surface area (Å²) >= 11 is 1.67. The lowest BCUT2D eigenvalue weighted by atomic mass is 10.3. The van der Waals surface area contributed by atoms with Crippen LogP contribution in [0.1, 0.15) is 15.6 Å². The summed E-state index contributed by atoms with van der Waals surface area (Å²) in [7, 11) is -1.47. The number of hydrogen-bond donors (Lipinski definition) is 2. The summed E-state index contributed by atoms with van der Waals surface area (Å²) in [6, 6.07) is 6.38. The summed E-state index contributed by atoms with van der Waals surface area (Å²) in [4.78, 5) is 10.1.